The molecular formula is C10H10ClF4NO2. The highest BCUT2D eigenvalue weighted by Gasteiger charge is 2.36. The minimum Gasteiger partial charge on any atom is -0.468 e. The number of methoxy groups -OCH3 is 1. The monoisotopic (exact) mass is 287 g/mol. The van der Waals surface area contributed by atoms with E-state index in [0.29, 0.717) is 0 Å². The van der Waals surface area contributed by atoms with Crippen LogP contribution in [0.5, 0.6) is 0 Å². The molecule has 0 aliphatic carbocycles. The van der Waals surface area contributed by atoms with Crippen molar-refractivity contribution in [3.8, 4) is 0 Å². The van der Waals surface area contributed by atoms with Crippen molar-refractivity contribution in [3.63, 3.8) is 0 Å². The zero-order chi connectivity index (χ0) is 13.2. The average molecular weight is 288 g/mol. The highest BCUT2D eigenvalue weighted by atomic mass is 35.5. The topological polar surface area (TPSA) is 52.3 Å². The van der Waals surface area contributed by atoms with E-state index >= 15 is 0 Å². The Hall–Kier alpha value is -1.34. The van der Waals surface area contributed by atoms with Gasteiger partial charge >= 0.3 is 12.1 Å². The van der Waals surface area contributed by atoms with Crippen molar-refractivity contribution in [2.45, 2.75) is 12.2 Å². The Labute approximate surface area is 106 Å². The smallest absolute Gasteiger partial charge is 0.416 e. The Morgan fingerprint density at radius 2 is 1.94 bits per heavy atom. The van der Waals surface area contributed by atoms with E-state index in [1.54, 1.807) is 0 Å². The SMILES string of the molecule is COC(=O)[C@@H](N)c1ccc(F)cc1C(F)(F)F.Cl. The first-order chi connectivity index (χ1) is 7.77. The van der Waals surface area contributed by atoms with Gasteiger partial charge in [0.25, 0.3) is 0 Å². The summed E-state index contributed by atoms with van der Waals surface area (Å²) in [6.45, 7) is 0. The Morgan fingerprint density at radius 1 is 1.39 bits per heavy atom. The minimum absolute atomic E-state index is 0. The summed E-state index contributed by atoms with van der Waals surface area (Å²) < 4.78 is 54.8. The zero-order valence-corrected chi connectivity index (χ0v) is 9.94. The van der Waals surface area contributed by atoms with Gasteiger partial charge in [-0.2, -0.15) is 13.2 Å². The standard InChI is InChI=1S/C10H9F4NO2.ClH/c1-17-9(16)8(15)6-3-2-5(11)4-7(6)10(12,13)14;/h2-4,8H,15H2,1H3;1H/t8-;/m0./s1. The number of rotatable bonds is 2. The lowest BCUT2D eigenvalue weighted by molar-refractivity contribution is -0.144. The molecule has 0 saturated heterocycles. The lowest BCUT2D eigenvalue weighted by Crippen LogP contribution is -2.26. The number of nitrogens with two attached hydrogens (primary N) is 1. The molecule has 0 aromatic heterocycles. The summed E-state index contributed by atoms with van der Waals surface area (Å²) in [6.07, 6.45) is -4.79. The highest BCUT2D eigenvalue weighted by molar-refractivity contribution is 5.85. The molecule has 0 aliphatic rings. The van der Waals surface area contributed by atoms with Crippen LogP contribution in [0, 0.1) is 5.82 Å². The fraction of sp³-hybridized carbons (Fsp3) is 0.300. The molecule has 1 rings (SSSR count). The quantitative estimate of drug-likeness (QED) is 0.671. The third-order valence-corrected chi connectivity index (χ3v) is 2.11. The van der Waals surface area contributed by atoms with Crippen LogP contribution in [-0.2, 0) is 15.7 Å². The van der Waals surface area contributed by atoms with Gasteiger partial charge in [0.1, 0.15) is 11.9 Å². The summed E-state index contributed by atoms with van der Waals surface area (Å²) in [4.78, 5) is 11.1. The molecule has 8 heteroatoms. The van der Waals surface area contributed by atoms with E-state index in [9.17, 15) is 22.4 Å². The first-order valence-electron chi connectivity index (χ1n) is 4.47. The molecule has 0 saturated carbocycles. The zero-order valence-electron chi connectivity index (χ0n) is 9.12. The fourth-order valence-corrected chi connectivity index (χ4v) is 1.30. The number of benzene rings is 1. The van der Waals surface area contributed by atoms with Crippen molar-refractivity contribution < 1.29 is 27.1 Å². The molecule has 0 bridgehead atoms. The predicted molar refractivity (Wildman–Crippen MR) is 57.6 cm³/mol. The van der Waals surface area contributed by atoms with Crippen molar-refractivity contribution in [1.29, 1.82) is 0 Å². The Kier molecular flexibility index (Phi) is 5.56. The molecule has 0 radical (unpaired) electrons. The molecule has 102 valence electrons. The molecular weight excluding hydrogens is 278 g/mol. The van der Waals surface area contributed by atoms with Gasteiger partial charge in [-0.25, -0.2) is 4.39 Å². The second kappa shape index (κ2) is 6.01. The van der Waals surface area contributed by atoms with Crippen molar-refractivity contribution in [3.05, 3.63) is 35.1 Å². The number of ether oxygens (including phenoxy) is 1. The van der Waals surface area contributed by atoms with E-state index in [0.717, 1.165) is 19.2 Å². The maximum Gasteiger partial charge on any atom is 0.416 e. The van der Waals surface area contributed by atoms with Crippen molar-refractivity contribution in [2.24, 2.45) is 5.73 Å². The van der Waals surface area contributed by atoms with E-state index in [1.165, 1.54) is 0 Å². The van der Waals surface area contributed by atoms with E-state index in [-0.39, 0.29) is 18.5 Å². The van der Waals surface area contributed by atoms with Gasteiger partial charge in [0.05, 0.1) is 12.7 Å². The van der Waals surface area contributed by atoms with Crippen LogP contribution in [0.4, 0.5) is 17.6 Å². The first-order valence-corrected chi connectivity index (χ1v) is 4.47. The van der Waals surface area contributed by atoms with Crippen LogP contribution in [0.25, 0.3) is 0 Å². The van der Waals surface area contributed by atoms with Crippen molar-refractivity contribution in [1.82, 2.24) is 0 Å². The van der Waals surface area contributed by atoms with Gasteiger partial charge in [-0.1, -0.05) is 6.07 Å². The Morgan fingerprint density at radius 3 is 2.39 bits per heavy atom. The highest BCUT2D eigenvalue weighted by Crippen LogP contribution is 2.34. The van der Waals surface area contributed by atoms with Gasteiger partial charge in [0.15, 0.2) is 0 Å². The third kappa shape index (κ3) is 3.58. The van der Waals surface area contributed by atoms with E-state index in [4.69, 9.17) is 5.73 Å². The lowest BCUT2D eigenvalue weighted by Gasteiger charge is -2.16. The average Bonchev–Trinajstić information content (AvgIpc) is 2.25. The van der Waals surface area contributed by atoms with Gasteiger partial charge in [0, 0.05) is 0 Å². The van der Waals surface area contributed by atoms with Crippen LogP contribution < -0.4 is 5.73 Å². The van der Waals surface area contributed by atoms with Crippen LogP contribution in [0.3, 0.4) is 0 Å². The number of esters is 1. The van der Waals surface area contributed by atoms with Crippen molar-refractivity contribution >= 4 is 18.4 Å². The number of alkyl halides is 3. The molecule has 2 N–H and O–H groups in total. The van der Waals surface area contributed by atoms with Gasteiger partial charge in [-0.05, 0) is 17.7 Å². The second-order valence-electron chi connectivity index (χ2n) is 3.23. The first kappa shape index (κ1) is 16.7. The summed E-state index contributed by atoms with van der Waals surface area (Å²) in [6, 6.07) is 0.308. The molecule has 1 aromatic carbocycles. The summed E-state index contributed by atoms with van der Waals surface area (Å²) in [7, 11) is 0.999. The maximum absolute atomic E-state index is 12.8. The van der Waals surface area contributed by atoms with E-state index in [2.05, 4.69) is 4.74 Å². The van der Waals surface area contributed by atoms with Crippen LogP contribution in [-0.4, -0.2) is 13.1 Å². The number of hydrogen-bond donors (Lipinski definition) is 1. The molecule has 1 atom stereocenters. The summed E-state index contributed by atoms with van der Waals surface area (Å²) in [5, 5.41) is 0. The molecule has 0 heterocycles. The van der Waals surface area contributed by atoms with E-state index < -0.39 is 35.1 Å². The summed E-state index contributed by atoms with van der Waals surface area (Å²) >= 11 is 0. The molecule has 0 amide bonds. The minimum atomic E-state index is -4.79. The van der Waals surface area contributed by atoms with Gasteiger partial charge in [0.2, 0.25) is 0 Å². The summed E-state index contributed by atoms with van der Waals surface area (Å²) in [5.74, 6) is -2.08. The molecule has 3 nitrogen and oxygen atoms in total. The van der Waals surface area contributed by atoms with Gasteiger partial charge < -0.3 is 10.5 Å². The van der Waals surface area contributed by atoms with Crippen LogP contribution >= 0.6 is 12.4 Å². The van der Waals surface area contributed by atoms with Crippen LogP contribution in [0.2, 0.25) is 0 Å². The predicted octanol–water partition coefficient (Wildman–Crippen LogP) is 2.44. The van der Waals surface area contributed by atoms with Gasteiger partial charge in [-0.3, -0.25) is 4.79 Å². The third-order valence-electron chi connectivity index (χ3n) is 2.11. The Bertz CT molecular complexity index is 436. The molecule has 0 spiro atoms. The van der Waals surface area contributed by atoms with Crippen LogP contribution in [0.15, 0.2) is 18.2 Å². The van der Waals surface area contributed by atoms with Crippen molar-refractivity contribution in [2.75, 3.05) is 7.11 Å². The molecule has 0 unspecified atom stereocenters. The fourth-order valence-electron chi connectivity index (χ4n) is 1.30. The Balaban J connectivity index is 0.00000289. The van der Waals surface area contributed by atoms with Crippen LogP contribution in [0.1, 0.15) is 17.2 Å². The number of carbonyl (C=O) groups is 1. The maximum atomic E-state index is 12.8. The number of halogens is 5. The second-order valence-corrected chi connectivity index (χ2v) is 3.23. The molecule has 18 heavy (non-hydrogen) atoms. The normalized spacial score (nSPS) is 12.6. The molecule has 1 aromatic rings. The lowest BCUT2D eigenvalue weighted by atomic mass is 10.0. The van der Waals surface area contributed by atoms with Gasteiger partial charge in [-0.15, -0.1) is 12.4 Å². The summed E-state index contributed by atoms with van der Waals surface area (Å²) in [5.41, 5.74) is 3.50. The molecule has 0 fully saturated rings. The number of hydrogen-bond acceptors (Lipinski definition) is 3. The largest absolute Gasteiger partial charge is 0.468 e. The van der Waals surface area contributed by atoms with E-state index in [1.807, 2.05) is 0 Å². The number of carbonyl (C=O) groups excluding carboxylic acids is 1. The molecule has 0 aliphatic heterocycles.